The zero-order valence-corrected chi connectivity index (χ0v) is 6.29. The Hall–Kier alpha value is -1.32. The van der Waals surface area contributed by atoms with Crippen molar-refractivity contribution in [2.45, 2.75) is 6.42 Å². The number of hydrogen-bond donors (Lipinski definition) is 1. The normalized spacial score (nSPS) is 9.55. The van der Waals surface area contributed by atoms with Crippen molar-refractivity contribution in [3.8, 4) is 0 Å². The zero-order chi connectivity index (χ0) is 8.53. The van der Waals surface area contributed by atoms with E-state index in [1.54, 1.807) is 6.08 Å². The summed E-state index contributed by atoms with van der Waals surface area (Å²) in [4.78, 5) is 20.0. The van der Waals surface area contributed by atoms with Gasteiger partial charge in [0, 0.05) is 12.6 Å². The van der Waals surface area contributed by atoms with Crippen LogP contribution in [0, 0.1) is 0 Å². The Bertz CT molecular complexity index is 154. The maximum Gasteiger partial charge on any atom is 0.330 e. The average Bonchev–Trinajstić information content (AvgIpc) is 2.04. The van der Waals surface area contributed by atoms with E-state index in [2.05, 4.69) is 10.1 Å². The van der Waals surface area contributed by atoms with Gasteiger partial charge in [0.15, 0.2) is 0 Å². The summed E-state index contributed by atoms with van der Waals surface area (Å²) in [5.41, 5.74) is 0. The summed E-state index contributed by atoms with van der Waals surface area (Å²) in [6, 6.07) is 0. The highest BCUT2D eigenvalue weighted by molar-refractivity contribution is 5.81. The Balaban J connectivity index is 3.29. The molecule has 0 spiro atoms. The van der Waals surface area contributed by atoms with E-state index >= 15 is 0 Å². The number of hydrogen-bond acceptors (Lipinski definition) is 3. The molecule has 0 fully saturated rings. The van der Waals surface area contributed by atoms with Gasteiger partial charge in [-0.1, -0.05) is 6.08 Å². The third-order valence-corrected chi connectivity index (χ3v) is 0.963. The standard InChI is InChI=1S/C7H10NO3/c1-11-7(10)4-2-3-5-8-6-9/h2,4H,3,5H2,1H3,(H,8,9). The molecule has 0 aliphatic heterocycles. The van der Waals surface area contributed by atoms with Gasteiger partial charge in [0.05, 0.1) is 7.11 Å². The molecule has 0 aromatic heterocycles. The lowest BCUT2D eigenvalue weighted by atomic mass is 10.4. The molecular weight excluding hydrogens is 146 g/mol. The van der Waals surface area contributed by atoms with Crippen molar-refractivity contribution in [3.05, 3.63) is 12.2 Å². The number of carbonyl (C=O) groups excluding carboxylic acids is 2. The SMILES string of the molecule is COC(=O)C=CCCN[C]=O. The summed E-state index contributed by atoms with van der Waals surface area (Å²) >= 11 is 0. The van der Waals surface area contributed by atoms with Crippen LogP contribution in [-0.2, 0) is 14.3 Å². The number of methoxy groups -OCH3 is 1. The van der Waals surface area contributed by atoms with Crippen LogP contribution < -0.4 is 5.32 Å². The van der Waals surface area contributed by atoms with Crippen LogP contribution in [0.4, 0.5) is 0 Å². The smallest absolute Gasteiger partial charge is 0.330 e. The van der Waals surface area contributed by atoms with Crippen molar-refractivity contribution in [1.29, 1.82) is 0 Å². The summed E-state index contributed by atoms with van der Waals surface area (Å²) in [7, 11) is 1.31. The minimum absolute atomic E-state index is 0.389. The van der Waals surface area contributed by atoms with Crippen molar-refractivity contribution >= 4 is 12.4 Å². The monoisotopic (exact) mass is 156 g/mol. The number of rotatable bonds is 5. The number of nitrogens with one attached hydrogen (secondary N) is 1. The molecule has 0 heterocycles. The molecule has 0 aromatic rings. The largest absolute Gasteiger partial charge is 0.466 e. The summed E-state index contributed by atoms with van der Waals surface area (Å²) in [5, 5.41) is 2.33. The Morgan fingerprint density at radius 2 is 2.45 bits per heavy atom. The van der Waals surface area contributed by atoms with Crippen LogP contribution in [0.5, 0.6) is 0 Å². The van der Waals surface area contributed by atoms with E-state index in [9.17, 15) is 9.59 Å². The van der Waals surface area contributed by atoms with Crippen LogP contribution in [0.1, 0.15) is 6.42 Å². The highest BCUT2D eigenvalue weighted by Gasteiger charge is 1.88. The fourth-order valence-electron chi connectivity index (χ4n) is 0.454. The van der Waals surface area contributed by atoms with Gasteiger partial charge in [-0.2, -0.15) is 0 Å². The molecule has 11 heavy (non-hydrogen) atoms. The van der Waals surface area contributed by atoms with Gasteiger partial charge in [0.2, 0.25) is 0 Å². The average molecular weight is 156 g/mol. The third-order valence-electron chi connectivity index (χ3n) is 0.963. The topological polar surface area (TPSA) is 55.4 Å². The van der Waals surface area contributed by atoms with Crippen LogP contribution in [0.25, 0.3) is 0 Å². The molecule has 0 rings (SSSR count). The van der Waals surface area contributed by atoms with Gasteiger partial charge in [-0.05, 0) is 6.42 Å². The number of esters is 1. The molecule has 1 N–H and O–H groups in total. The molecule has 0 unspecified atom stereocenters. The van der Waals surface area contributed by atoms with Crippen LogP contribution in [-0.4, -0.2) is 26.0 Å². The minimum Gasteiger partial charge on any atom is -0.466 e. The molecule has 1 amide bonds. The fraction of sp³-hybridized carbons (Fsp3) is 0.429. The van der Waals surface area contributed by atoms with Crippen molar-refractivity contribution in [3.63, 3.8) is 0 Å². The summed E-state index contributed by atoms with van der Waals surface area (Å²) < 4.78 is 4.33. The Kier molecular flexibility index (Phi) is 5.98. The van der Waals surface area contributed by atoms with Crippen molar-refractivity contribution in [2.75, 3.05) is 13.7 Å². The van der Waals surface area contributed by atoms with E-state index in [0.29, 0.717) is 13.0 Å². The first-order valence-corrected chi connectivity index (χ1v) is 3.15. The molecule has 0 aromatic carbocycles. The van der Waals surface area contributed by atoms with E-state index in [-0.39, 0.29) is 5.97 Å². The minimum atomic E-state index is -0.389. The number of ether oxygens (including phenoxy) is 1. The quantitative estimate of drug-likeness (QED) is 0.259. The van der Waals surface area contributed by atoms with E-state index < -0.39 is 0 Å². The number of carbonyl (C=O) groups is 1. The summed E-state index contributed by atoms with van der Waals surface area (Å²) in [5.74, 6) is -0.389. The van der Waals surface area contributed by atoms with Gasteiger partial charge in [-0.15, -0.1) is 0 Å². The van der Waals surface area contributed by atoms with Crippen molar-refractivity contribution in [1.82, 2.24) is 5.32 Å². The van der Waals surface area contributed by atoms with Crippen LogP contribution in [0.2, 0.25) is 0 Å². The highest BCUT2D eigenvalue weighted by Crippen LogP contribution is 1.82. The Morgan fingerprint density at radius 1 is 1.73 bits per heavy atom. The van der Waals surface area contributed by atoms with Crippen molar-refractivity contribution < 1.29 is 14.3 Å². The molecule has 0 bridgehead atoms. The first kappa shape index (κ1) is 9.68. The second-order valence-corrected chi connectivity index (χ2v) is 1.74. The lowest BCUT2D eigenvalue weighted by Gasteiger charge is -1.90. The third kappa shape index (κ3) is 6.57. The second kappa shape index (κ2) is 6.80. The predicted octanol–water partition coefficient (Wildman–Crippen LogP) is -0.237. The maximum absolute atomic E-state index is 10.4. The van der Waals surface area contributed by atoms with Gasteiger partial charge in [0.25, 0.3) is 0 Å². The van der Waals surface area contributed by atoms with Crippen LogP contribution in [0.15, 0.2) is 12.2 Å². The lowest BCUT2D eigenvalue weighted by molar-refractivity contribution is -0.134. The molecule has 0 aliphatic carbocycles. The summed E-state index contributed by atoms with van der Waals surface area (Å²) in [6.07, 6.45) is 5.05. The van der Waals surface area contributed by atoms with E-state index in [0.717, 1.165) is 0 Å². The molecule has 0 saturated heterocycles. The summed E-state index contributed by atoms with van der Waals surface area (Å²) in [6.45, 7) is 0.483. The molecule has 61 valence electrons. The lowest BCUT2D eigenvalue weighted by Crippen LogP contribution is -2.10. The van der Waals surface area contributed by atoms with Gasteiger partial charge in [-0.25, -0.2) is 4.79 Å². The second-order valence-electron chi connectivity index (χ2n) is 1.74. The first-order chi connectivity index (χ1) is 5.31. The first-order valence-electron chi connectivity index (χ1n) is 3.15. The maximum atomic E-state index is 10.4. The molecular formula is C7H10NO3. The van der Waals surface area contributed by atoms with E-state index in [4.69, 9.17) is 0 Å². The predicted molar refractivity (Wildman–Crippen MR) is 39.5 cm³/mol. The molecule has 0 saturated carbocycles. The van der Waals surface area contributed by atoms with Crippen molar-refractivity contribution in [2.24, 2.45) is 0 Å². The molecule has 4 nitrogen and oxygen atoms in total. The van der Waals surface area contributed by atoms with Crippen LogP contribution >= 0.6 is 0 Å². The van der Waals surface area contributed by atoms with Gasteiger partial charge in [0.1, 0.15) is 0 Å². The van der Waals surface area contributed by atoms with Crippen LogP contribution in [0.3, 0.4) is 0 Å². The molecule has 4 heteroatoms. The molecule has 0 aliphatic rings. The number of amides is 1. The molecule has 0 atom stereocenters. The van der Waals surface area contributed by atoms with E-state index in [1.807, 2.05) is 0 Å². The van der Waals surface area contributed by atoms with Gasteiger partial charge >= 0.3 is 12.4 Å². The highest BCUT2D eigenvalue weighted by atomic mass is 16.5. The Labute approximate surface area is 65.2 Å². The fourth-order valence-corrected chi connectivity index (χ4v) is 0.454. The zero-order valence-electron chi connectivity index (χ0n) is 6.29. The van der Waals surface area contributed by atoms with Gasteiger partial charge < -0.3 is 10.1 Å². The van der Waals surface area contributed by atoms with E-state index in [1.165, 1.54) is 19.6 Å². The van der Waals surface area contributed by atoms with Gasteiger partial charge in [-0.3, -0.25) is 4.79 Å². The molecule has 1 radical (unpaired) electrons. The Morgan fingerprint density at radius 3 is 3.00 bits per heavy atom.